The molecule has 2 aromatic carbocycles. The topological polar surface area (TPSA) is 20.2 Å². The first-order valence-electron chi connectivity index (χ1n) is 6.96. The maximum absolute atomic E-state index is 10.5. The van der Waals surface area contributed by atoms with Gasteiger partial charge in [0.2, 0.25) is 0 Å². The van der Waals surface area contributed by atoms with Gasteiger partial charge in [-0.05, 0) is 42.5 Å². The molecule has 0 heterocycles. The van der Waals surface area contributed by atoms with E-state index in [-0.39, 0.29) is 0 Å². The van der Waals surface area contributed by atoms with E-state index >= 15 is 0 Å². The van der Waals surface area contributed by atoms with E-state index in [4.69, 9.17) is 0 Å². The Morgan fingerprint density at radius 1 is 1.00 bits per heavy atom. The van der Waals surface area contributed by atoms with Gasteiger partial charge in [-0.3, -0.25) is 0 Å². The largest absolute Gasteiger partial charge is 0.384 e. The van der Waals surface area contributed by atoms with E-state index in [1.807, 2.05) is 18.2 Å². The standard InChI is InChI=1S/C18H22O/c1-4-5-15-7-9-16(10-8-15)18(19)17-11-6-13(2)12-14(17)3/h6-12,18-19H,4-5H2,1-3H3. The smallest absolute Gasteiger partial charge is 0.104 e. The molecular formula is C18H22O. The van der Waals surface area contributed by atoms with E-state index in [1.165, 1.54) is 11.1 Å². The van der Waals surface area contributed by atoms with E-state index in [9.17, 15) is 5.11 Å². The lowest BCUT2D eigenvalue weighted by atomic mass is 9.95. The van der Waals surface area contributed by atoms with Gasteiger partial charge < -0.3 is 5.11 Å². The third-order valence-corrected chi connectivity index (χ3v) is 3.55. The molecule has 0 amide bonds. The first-order valence-corrected chi connectivity index (χ1v) is 6.96. The van der Waals surface area contributed by atoms with Crippen molar-refractivity contribution in [3.05, 3.63) is 70.3 Å². The number of hydrogen-bond donors (Lipinski definition) is 1. The zero-order valence-electron chi connectivity index (χ0n) is 12.0. The van der Waals surface area contributed by atoms with E-state index in [0.29, 0.717) is 0 Å². The fourth-order valence-electron chi connectivity index (χ4n) is 2.47. The second kappa shape index (κ2) is 6.03. The van der Waals surface area contributed by atoms with Crippen LogP contribution in [0.25, 0.3) is 0 Å². The first-order chi connectivity index (χ1) is 9.11. The van der Waals surface area contributed by atoms with Crippen molar-refractivity contribution in [2.75, 3.05) is 0 Å². The van der Waals surface area contributed by atoms with E-state index in [1.54, 1.807) is 0 Å². The molecule has 100 valence electrons. The molecule has 0 saturated carbocycles. The number of hydrogen-bond acceptors (Lipinski definition) is 1. The van der Waals surface area contributed by atoms with Crippen LogP contribution in [0.5, 0.6) is 0 Å². The SMILES string of the molecule is CCCc1ccc(C(O)c2ccc(C)cc2C)cc1. The number of aryl methyl sites for hydroxylation is 3. The molecule has 19 heavy (non-hydrogen) atoms. The molecule has 1 nitrogen and oxygen atoms in total. The molecule has 0 bridgehead atoms. The van der Waals surface area contributed by atoms with Crippen LogP contribution in [0.3, 0.4) is 0 Å². The van der Waals surface area contributed by atoms with Crippen LogP contribution >= 0.6 is 0 Å². The van der Waals surface area contributed by atoms with Crippen LogP contribution < -0.4 is 0 Å². The molecule has 1 N–H and O–H groups in total. The minimum Gasteiger partial charge on any atom is -0.384 e. The van der Waals surface area contributed by atoms with Gasteiger partial charge in [0.1, 0.15) is 6.10 Å². The van der Waals surface area contributed by atoms with Gasteiger partial charge in [0.05, 0.1) is 0 Å². The molecular weight excluding hydrogens is 232 g/mol. The monoisotopic (exact) mass is 254 g/mol. The predicted octanol–water partition coefficient (Wildman–Crippen LogP) is 4.34. The van der Waals surface area contributed by atoms with Gasteiger partial charge in [0, 0.05) is 0 Å². The Labute approximate surface area is 115 Å². The highest BCUT2D eigenvalue weighted by molar-refractivity contribution is 5.38. The van der Waals surface area contributed by atoms with Crippen molar-refractivity contribution >= 4 is 0 Å². The third kappa shape index (κ3) is 3.24. The lowest BCUT2D eigenvalue weighted by Gasteiger charge is -2.15. The summed E-state index contributed by atoms with van der Waals surface area (Å²) in [7, 11) is 0. The molecule has 2 rings (SSSR count). The van der Waals surface area contributed by atoms with Gasteiger partial charge in [-0.25, -0.2) is 0 Å². The van der Waals surface area contributed by atoms with Crippen LogP contribution in [0.2, 0.25) is 0 Å². The van der Waals surface area contributed by atoms with Gasteiger partial charge in [0.25, 0.3) is 0 Å². The number of aliphatic hydroxyl groups is 1. The summed E-state index contributed by atoms with van der Waals surface area (Å²) in [6.07, 6.45) is 1.72. The normalized spacial score (nSPS) is 12.4. The lowest BCUT2D eigenvalue weighted by molar-refractivity contribution is 0.219. The molecule has 0 aromatic heterocycles. The van der Waals surface area contributed by atoms with Crippen molar-refractivity contribution < 1.29 is 5.11 Å². The average Bonchev–Trinajstić information content (AvgIpc) is 2.39. The van der Waals surface area contributed by atoms with Crippen molar-refractivity contribution in [1.82, 2.24) is 0 Å². The Morgan fingerprint density at radius 3 is 2.26 bits per heavy atom. The Kier molecular flexibility index (Phi) is 4.39. The van der Waals surface area contributed by atoms with Gasteiger partial charge in [-0.1, -0.05) is 61.4 Å². The molecule has 1 heteroatoms. The van der Waals surface area contributed by atoms with Crippen LogP contribution in [0.4, 0.5) is 0 Å². The average molecular weight is 254 g/mol. The summed E-state index contributed by atoms with van der Waals surface area (Å²) in [5.41, 5.74) is 5.66. The summed E-state index contributed by atoms with van der Waals surface area (Å²) >= 11 is 0. The Morgan fingerprint density at radius 2 is 1.68 bits per heavy atom. The van der Waals surface area contributed by atoms with Crippen LogP contribution in [0, 0.1) is 13.8 Å². The summed E-state index contributed by atoms with van der Waals surface area (Å²) in [6.45, 7) is 6.30. The molecule has 0 saturated heterocycles. The summed E-state index contributed by atoms with van der Waals surface area (Å²) in [5.74, 6) is 0. The second-order valence-corrected chi connectivity index (χ2v) is 5.25. The fraction of sp³-hybridized carbons (Fsp3) is 0.333. The number of rotatable bonds is 4. The molecule has 0 aliphatic rings. The van der Waals surface area contributed by atoms with E-state index in [0.717, 1.165) is 29.5 Å². The molecule has 0 fully saturated rings. The van der Waals surface area contributed by atoms with Crippen LogP contribution in [0.15, 0.2) is 42.5 Å². The summed E-state index contributed by atoms with van der Waals surface area (Å²) in [6, 6.07) is 14.5. The molecule has 0 aliphatic heterocycles. The lowest BCUT2D eigenvalue weighted by Crippen LogP contribution is -2.02. The first kappa shape index (κ1) is 13.8. The van der Waals surface area contributed by atoms with Crippen LogP contribution in [-0.2, 0) is 6.42 Å². The highest BCUT2D eigenvalue weighted by Gasteiger charge is 2.12. The molecule has 2 aromatic rings. The quantitative estimate of drug-likeness (QED) is 0.860. The molecule has 0 radical (unpaired) electrons. The van der Waals surface area contributed by atoms with Crippen LogP contribution in [-0.4, -0.2) is 5.11 Å². The number of benzene rings is 2. The molecule has 0 aliphatic carbocycles. The minimum absolute atomic E-state index is 0.531. The Balaban J connectivity index is 2.25. The van der Waals surface area contributed by atoms with Crippen molar-refractivity contribution in [3.8, 4) is 0 Å². The van der Waals surface area contributed by atoms with Gasteiger partial charge in [0.15, 0.2) is 0 Å². The maximum Gasteiger partial charge on any atom is 0.104 e. The fourth-order valence-corrected chi connectivity index (χ4v) is 2.47. The summed E-state index contributed by atoms with van der Waals surface area (Å²) in [4.78, 5) is 0. The van der Waals surface area contributed by atoms with Gasteiger partial charge >= 0.3 is 0 Å². The molecule has 1 unspecified atom stereocenters. The van der Waals surface area contributed by atoms with Crippen molar-refractivity contribution in [2.45, 2.75) is 39.7 Å². The zero-order chi connectivity index (χ0) is 13.8. The predicted molar refractivity (Wildman–Crippen MR) is 80.4 cm³/mol. The minimum atomic E-state index is -0.531. The highest BCUT2D eigenvalue weighted by atomic mass is 16.3. The summed E-state index contributed by atoms with van der Waals surface area (Å²) < 4.78 is 0. The van der Waals surface area contributed by atoms with Gasteiger partial charge in [-0.15, -0.1) is 0 Å². The zero-order valence-corrected chi connectivity index (χ0v) is 12.0. The van der Waals surface area contributed by atoms with E-state index in [2.05, 4.69) is 45.0 Å². The van der Waals surface area contributed by atoms with Crippen LogP contribution in [0.1, 0.15) is 47.3 Å². The highest BCUT2D eigenvalue weighted by Crippen LogP contribution is 2.25. The number of aliphatic hydroxyl groups excluding tert-OH is 1. The Hall–Kier alpha value is -1.60. The van der Waals surface area contributed by atoms with Crippen molar-refractivity contribution in [3.63, 3.8) is 0 Å². The molecule has 0 spiro atoms. The Bertz CT molecular complexity index is 540. The second-order valence-electron chi connectivity index (χ2n) is 5.25. The molecule has 1 atom stereocenters. The summed E-state index contributed by atoms with van der Waals surface area (Å²) in [5, 5.41) is 10.5. The third-order valence-electron chi connectivity index (χ3n) is 3.55. The maximum atomic E-state index is 10.5. The van der Waals surface area contributed by atoms with E-state index < -0.39 is 6.10 Å². The van der Waals surface area contributed by atoms with Crippen molar-refractivity contribution in [1.29, 1.82) is 0 Å². The van der Waals surface area contributed by atoms with Crippen molar-refractivity contribution in [2.24, 2.45) is 0 Å². The van der Waals surface area contributed by atoms with Gasteiger partial charge in [-0.2, -0.15) is 0 Å².